The summed E-state index contributed by atoms with van der Waals surface area (Å²) >= 11 is 0. The van der Waals surface area contributed by atoms with E-state index in [0.29, 0.717) is 12.4 Å². The number of benzene rings is 1. The Bertz CT molecular complexity index is 632. The van der Waals surface area contributed by atoms with Gasteiger partial charge in [-0.1, -0.05) is 30.3 Å². The van der Waals surface area contributed by atoms with Crippen LogP contribution in [-0.2, 0) is 0 Å². The van der Waals surface area contributed by atoms with E-state index in [9.17, 15) is 0 Å². The fraction of sp³-hybridized carbons (Fsp3) is 0.154. The van der Waals surface area contributed by atoms with Gasteiger partial charge in [-0.15, -0.1) is 10.2 Å². The van der Waals surface area contributed by atoms with Gasteiger partial charge >= 0.3 is 0 Å². The minimum Gasteiger partial charge on any atom is -0.467 e. The van der Waals surface area contributed by atoms with Crippen molar-refractivity contribution in [3.05, 3.63) is 54.5 Å². The van der Waals surface area contributed by atoms with Crippen LogP contribution in [0.2, 0.25) is 0 Å². The number of furan rings is 1. The summed E-state index contributed by atoms with van der Waals surface area (Å²) in [5, 5.41) is 12.5. The normalized spacial score (nSPS) is 12.5. The summed E-state index contributed by atoms with van der Waals surface area (Å²) in [6.07, 6.45) is 1.60. The first kappa shape index (κ1) is 11.6. The molecule has 6 heteroatoms. The quantitative estimate of drug-likeness (QED) is 0.763. The van der Waals surface area contributed by atoms with Crippen molar-refractivity contribution >= 4 is 0 Å². The van der Waals surface area contributed by atoms with Gasteiger partial charge in [0.2, 0.25) is 5.82 Å². The number of aromatic nitrogens is 4. The lowest BCUT2D eigenvalue weighted by Crippen LogP contribution is -2.22. The molecule has 0 fully saturated rings. The molecule has 0 aliphatic heterocycles. The molecule has 2 aromatic heterocycles. The molecule has 0 saturated heterocycles. The van der Waals surface area contributed by atoms with Gasteiger partial charge in [-0.3, -0.25) is 0 Å². The average molecular weight is 255 g/mol. The molecule has 0 radical (unpaired) electrons. The predicted octanol–water partition coefficient (Wildman–Crippen LogP) is 1.48. The third kappa shape index (κ3) is 2.25. The molecular weight excluding hydrogens is 242 g/mol. The molecular formula is C13H13N5O. The monoisotopic (exact) mass is 255 g/mol. The molecule has 0 aliphatic carbocycles. The predicted molar refractivity (Wildman–Crippen MR) is 69.2 cm³/mol. The lowest BCUT2D eigenvalue weighted by Gasteiger charge is -2.09. The van der Waals surface area contributed by atoms with E-state index in [2.05, 4.69) is 15.4 Å². The van der Waals surface area contributed by atoms with Gasteiger partial charge in [0.1, 0.15) is 11.8 Å². The van der Waals surface area contributed by atoms with E-state index in [1.165, 1.54) is 4.80 Å². The Labute approximate surface area is 109 Å². The number of tetrazole rings is 1. The van der Waals surface area contributed by atoms with Gasteiger partial charge in [0, 0.05) is 12.1 Å². The van der Waals surface area contributed by atoms with Crippen LogP contribution in [0.25, 0.3) is 11.4 Å². The molecule has 3 aromatic rings. The summed E-state index contributed by atoms with van der Waals surface area (Å²) < 4.78 is 5.35. The molecule has 96 valence electrons. The van der Waals surface area contributed by atoms with E-state index < -0.39 is 0 Å². The fourth-order valence-electron chi connectivity index (χ4n) is 1.87. The molecule has 19 heavy (non-hydrogen) atoms. The zero-order valence-electron chi connectivity index (χ0n) is 10.2. The Morgan fingerprint density at radius 1 is 1.16 bits per heavy atom. The van der Waals surface area contributed by atoms with Gasteiger partial charge in [-0.05, 0) is 17.3 Å². The van der Waals surface area contributed by atoms with Gasteiger partial charge < -0.3 is 10.2 Å². The molecule has 2 heterocycles. The summed E-state index contributed by atoms with van der Waals surface area (Å²) in [7, 11) is 0. The highest BCUT2D eigenvalue weighted by Gasteiger charge is 2.18. The van der Waals surface area contributed by atoms with Crippen LogP contribution in [0.5, 0.6) is 0 Å². The number of nitrogens with zero attached hydrogens (tertiary/aromatic N) is 4. The van der Waals surface area contributed by atoms with Gasteiger partial charge in [-0.2, -0.15) is 4.80 Å². The molecule has 0 aliphatic rings. The summed E-state index contributed by atoms with van der Waals surface area (Å²) in [6, 6.07) is 13.1. The Hall–Kier alpha value is -2.47. The van der Waals surface area contributed by atoms with Crippen LogP contribution in [0.1, 0.15) is 11.8 Å². The number of nitrogens with two attached hydrogens (primary N) is 1. The van der Waals surface area contributed by atoms with Crippen LogP contribution < -0.4 is 5.73 Å². The molecule has 6 nitrogen and oxygen atoms in total. The molecule has 2 N–H and O–H groups in total. The largest absolute Gasteiger partial charge is 0.467 e. The second-order valence-corrected chi connectivity index (χ2v) is 4.07. The molecule has 0 saturated carbocycles. The maximum atomic E-state index is 5.76. The zero-order chi connectivity index (χ0) is 13.1. The lowest BCUT2D eigenvalue weighted by molar-refractivity contribution is 0.376. The maximum Gasteiger partial charge on any atom is 0.204 e. The summed E-state index contributed by atoms with van der Waals surface area (Å²) in [5.74, 6) is 1.30. The number of rotatable bonds is 4. The van der Waals surface area contributed by atoms with Gasteiger partial charge in [0.15, 0.2) is 0 Å². The second kappa shape index (κ2) is 5.03. The molecule has 1 aromatic carbocycles. The van der Waals surface area contributed by atoms with Gasteiger partial charge in [0.05, 0.1) is 6.26 Å². The van der Waals surface area contributed by atoms with E-state index in [-0.39, 0.29) is 6.04 Å². The molecule has 0 spiro atoms. The topological polar surface area (TPSA) is 82.8 Å². The minimum absolute atomic E-state index is 0.236. The molecule has 1 atom stereocenters. The first-order chi connectivity index (χ1) is 9.38. The van der Waals surface area contributed by atoms with Crippen molar-refractivity contribution in [3.63, 3.8) is 0 Å². The summed E-state index contributed by atoms with van der Waals surface area (Å²) in [5.41, 5.74) is 6.68. The zero-order valence-corrected chi connectivity index (χ0v) is 10.2. The summed E-state index contributed by atoms with van der Waals surface area (Å²) in [6.45, 7) is 0.345. The van der Waals surface area contributed by atoms with Crippen LogP contribution >= 0.6 is 0 Å². The SMILES string of the molecule is NCC(c1ccco1)n1nnc(-c2ccccc2)n1. The first-order valence-corrected chi connectivity index (χ1v) is 5.97. The second-order valence-electron chi connectivity index (χ2n) is 4.07. The van der Waals surface area contributed by atoms with Crippen molar-refractivity contribution in [2.45, 2.75) is 6.04 Å². The van der Waals surface area contributed by atoms with Crippen LogP contribution in [0.3, 0.4) is 0 Å². The minimum atomic E-state index is -0.236. The molecule has 0 bridgehead atoms. The Balaban J connectivity index is 1.93. The van der Waals surface area contributed by atoms with Crippen LogP contribution in [0, 0.1) is 0 Å². The van der Waals surface area contributed by atoms with Crippen molar-refractivity contribution < 1.29 is 4.42 Å². The van der Waals surface area contributed by atoms with Gasteiger partial charge in [-0.25, -0.2) is 0 Å². The highest BCUT2D eigenvalue weighted by Crippen LogP contribution is 2.18. The van der Waals surface area contributed by atoms with Crippen LogP contribution in [0.15, 0.2) is 53.1 Å². The third-order valence-electron chi connectivity index (χ3n) is 2.83. The summed E-state index contributed by atoms with van der Waals surface area (Å²) in [4.78, 5) is 1.49. The Morgan fingerprint density at radius 2 is 2.00 bits per heavy atom. The third-order valence-corrected chi connectivity index (χ3v) is 2.83. The van der Waals surface area contributed by atoms with E-state index in [4.69, 9.17) is 10.2 Å². The highest BCUT2D eigenvalue weighted by molar-refractivity contribution is 5.52. The van der Waals surface area contributed by atoms with E-state index in [1.807, 2.05) is 42.5 Å². The molecule has 1 unspecified atom stereocenters. The van der Waals surface area contributed by atoms with E-state index in [1.54, 1.807) is 6.26 Å². The smallest absolute Gasteiger partial charge is 0.204 e. The first-order valence-electron chi connectivity index (χ1n) is 5.97. The van der Waals surface area contributed by atoms with Crippen molar-refractivity contribution in [1.29, 1.82) is 0 Å². The number of hydrogen-bond donors (Lipinski definition) is 1. The fourth-order valence-corrected chi connectivity index (χ4v) is 1.87. The maximum absolute atomic E-state index is 5.76. The van der Waals surface area contributed by atoms with Crippen molar-refractivity contribution in [2.24, 2.45) is 5.73 Å². The highest BCUT2D eigenvalue weighted by atomic mass is 16.3. The standard InChI is InChI=1S/C13H13N5O/c14-9-11(12-7-4-8-19-12)18-16-13(15-17-18)10-5-2-1-3-6-10/h1-8,11H,9,14H2. The van der Waals surface area contributed by atoms with E-state index >= 15 is 0 Å². The van der Waals surface area contributed by atoms with Crippen molar-refractivity contribution in [2.75, 3.05) is 6.54 Å². The lowest BCUT2D eigenvalue weighted by atomic mass is 10.2. The van der Waals surface area contributed by atoms with Gasteiger partial charge in [0.25, 0.3) is 0 Å². The van der Waals surface area contributed by atoms with Crippen molar-refractivity contribution in [3.8, 4) is 11.4 Å². The van der Waals surface area contributed by atoms with Crippen LogP contribution in [-0.4, -0.2) is 26.8 Å². The molecule has 0 amide bonds. The van der Waals surface area contributed by atoms with Crippen LogP contribution in [0.4, 0.5) is 0 Å². The average Bonchev–Trinajstić information content (AvgIpc) is 3.12. The molecule has 3 rings (SSSR count). The number of hydrogen-bond acceptors (Lipinski definition) is 5. The Kier molecular flexibility index (Phi) is 3.07. The van der Waals surface area contributed by atoms with E-state index in [0.717, 1.165) is 11.3 Å². The Morgan fingerprint density at radius 3 is 2.68 bits per heavy atom. The van der Waals surface area contributed by atoms with Crippen molar-refractivity contribution in [1.82, 2.24) is 20.2 Å².